The Morgan fingerprint density at radius 2 is 2.20 bits per heavy atom. The van der Waals surface area contributed by atoms with Crippen molar-refractivity contribution in [2.45, 2.75) is 44.6 Å². The van der Waals surface area contributed by atoms with Crippen LogP contribution in [0.2, 0.25) is 0 Å². The number of carbonyl (C=O) groups is 1. The van der Waals surface area contributed by atoms with E-state index in [2.05, 4.69) is 32.2 Å². The zero-order valence-corrected chi connectivity index (χ0v) is 13.7. The van der Waals surface area contributed by atoms with Gasteiger partial charge in [-0.2, -0.15) is 0 Å². The molecule has 1 unspecified atom stereocenters. The predicted molar refractivity (Wildman–Crippen MR) is 83.9 cm³/mol. The molecule has 1 amide bonds. The molecule has 1 atom stereocenters. The minimum atomic E-state index is 0.211. The molecule has 1 fully saturated rings. The zero-order chi connectivity index (χ0) is 14.2. The monoisotopic (exact) mass is 344 g/mol. The van der Waals surface area contributed by atoms with Crippen LogP contribution in [0, 0.1) is 0 Å². The van der Waals surface area contributed by atoms with Gasteiger partial charge in [-0.15, -0.1) is 0 Å². The lowest BCUT2D eigenvalue weighted by atomic mass is 10.0. The number of halogens is 1. The molecule has 0 aromatic rings. The summed E-state index contributed by atoms with van der Waals surface area (Å²) in [6.07, 6.45) is 7.97. The SMILES string of the molecule is O=C(CCCCN1CCOCC1)NC1CC=C(Br)CC1. The Kier molecular flexibility index (Phi) is 7.03. The number of nitrogens with zero attached hydrogens (tertiary/aromatic N) is 1. The van der Waals surface area contributed by atoms with E-state index in [-0.39, 0.29) is 5.91 Å². The molecular formula is C15H25BrN2O2. The lowest BCUT2D eigenvalue weighted by molar-refractivity contribution is -0.122. The molecule has 1 N–H and O–H groups in total. The van der Waals surface area contributed by atoms with Gasteiger partial charge < -0.3 is 10.1 Å². The fourth-order valence-corrected chi connectivity index (χ4v) is 3.09. The number of rotatable bonds is 6. The van der Waals surface area contributed by atoms with Gasteiger partial charge in [0.1, 0.15) is 0 Å². The Bertz CT molecular complexity index is 341. The van der Waals surface area contributed by atoms with Crippen molar-refractivity contribution in [1.82, 2.24) is 10.2 Å². The average Bonchev–Trinajstić information content (AvgIpc) is 2.47. The normalized spacial score (nSPS) is 24.2. The van der Waals surface area contributed by atoms with E-state index in [0.29, 0.717) is 12.5 Å². The van der Waals surface area contributed by atoms with E-state index in [1.54, 1.807) is 0 Å². The Hall–Kier alpha value is -0.390. The van der Waals surface area contributed by atoms with Crippen molar-refractivity contribution in [3.05, 3.63) is 10.6 Å². The molecular weight excluding hydrogens is 320 g/mol. The predicted octanol–water partition coefficient (Wildman–Crippen LogP) is 2.44. The van der Waals surface area contributed by atoms with Crippen molar-refractivity contribution >= 4 is 21.8 Å². The van der Waals surface area contributed by atoms with Crippen LogP contribution in [-0.2, 0) is 9.53 Å². The Labute approximate surface area is 130 Å². The van der Waals surface area contributed by atoms with E-state index < -0.39 is 0 Å². The van der Waals surface area contributed by atoms with Gasteiger partial charge in [-0.1, -0.05) is 22.0 Å². The minimum absolute atomic E-state index is 0.211. The van der Waals surface area contributed by atoms with Gasteiger partial charge in [-0.05, 0) is 43.1 Å². The van der Waals surface area contributed by atoms with Gasteiger partial charge in [0, 0.05) is 25.6 Å². The summed E-state index contributed by atoms with van der Waals surface area (Å²) in [6, 6.07) is 0.336. The van der Waals surface area contributed by atoms with Crippen molar-refractivity contribution in [1.29, 1.82) is 0 Å². The van der Waals surface area contributed by atoms with Crippen LogP contribution >= 0.6 is 15.9 Å². The van der Waals surface area contributed by atoms with Crippen LogP contribution in [-0.4, -0.2) is 49.7 Å². The summed E-state index contributed by atoms with van der Waals surface area (Å²) in [4.78, 5) is 14.3. The van der Waals surface area contributed by atoms with Crippen LogP contribution in [0.25, 0.3) is 0 Å². The maximum atomic E-state index is 11.9. The van der Waals surface area contributed by atoms with Crippen LogP contribution in [0.4, 0.5) is 0 Å². The first-order chi connectivity index (χ1) is 9.74. The largest absolute Gasteiger partial charge is 0.379 e. The van der Waals surface area contributed by atoms with Gasteiger partial charge in [-0.3, -0.25) is 9.69 Å². The first-order valence-corrected chi connectivity index (χ1v) is 8.47. The van der Waals surface area contributed by atoms with Crippen LogP contribution in [0.5, 0.6) is 0 Å². The summed E-state index contributed by atoms with van der Waals surface area (Å²) >= 11 is 3.51. The second-order valence-corrected chi connectivity index (χ2v) is 6.62. The second-order valence-electron chi connectivity index (χ2n) is 5.60. The van der Waals surface area contributed by atoms with Gasteiger partial charge in [0.05, 0.1) is 13.2 Å². The molecule has 1 aliphatic heterocycles. The number of carbonyl (C=O) groups excluding carboxylic acids is 1. The zero-order valence-electron chi connectivity index (χ0n) is 12.1. The second kappa shape index (κ2) is 8.80. The average molecular weight is 345 g/mol. The van der Waals surface area contributed by atoms with Gasteiger partial charge in [0.25, 0.3) is 0 Å². The Balaban J connectivity index is 1.51. The summed E-state index contributed by atoms with van der Waals surface area (Å²) in [6.45, 7) is 4.87. The number of unbranched alkanes of at least 4 members (excludes halogenated alkanes) is 1. The van der Waals surface area contributed by atoms with Crippen molar-refractivity contribution in [3.8, 4) is 0 Å². The minimum Gasteiger partial charge on any atom is -0.379 e. The lowest BCUT2D eigenvalue weighted by Crippen LogP contribution is -2.37. The molecule has 0 spiro atoms. The molecule has 1 aliphatic carbocycles. The maximum Gasteiger partial charge on any atom is 0.220 e. The third-order valence-corrected chi connectivity index (χ3v) is 4.67. The van der Waals surface area contributed by atoms with E-state index in [1.165, 1.54) is 4.48 Å². The molecule has 1 heterocycles. The summed E-state index contributed by atoms with van der Waals surface area (Å²) in [5.41, 5.74) is 0. The van der Waals surface area contributed by atoms with E-state index in [0.717, 1.165) is 65.0 Å². The Morgan fingerprint density at radius 1 is 1.40 bits per heavy atom. The van der Waals surface area contributed by atoms with Crippen molar-refractivity contribution in [2.75, 3.05) is 32.8 Å². The van der Waals surface area contributed by atoms with Crippen molar-refractivity contribution < 1.29 is 9.53 Å². The van der Waals surface area contributed by atoms with Gasteiger partial charge >= 0.3 is 0 Å². The summed E-state index contributed by atoms with van der Waals surface area (Å²) < 4.78 is 6.59. The van der Waals surface area contributed by atoms with Crippen LogP contribution in [0.15, 0.2) is 10.6 Å². The summed E-state index contributed by atoms with van der Waals surface area (Å²) in [5, 5.41) is 3.14. The molecule has 114 valence electrons. The number of morpholine rings is 1. The number of allylic oxidation sites excluding steroid dienone is 1. The highest BCUT2D eigenvalue weighted by atomic mass is 79.9. The number of ether oxygens (including phenoxy) is 1. The number of amides is 1. The van der Waals surface area contributed by atoms with E-state index in [9.17, 15) is 4.79 Å². The first-order valence-electron chi connectivity index (χ1n) is 7.68. The molecule has 2 rings (SSSR count). The molecule has 0 aromatic carbocycles. The highest BCUT2D eigenvalue weighted by molar-refractivity contribution is 9.11. The quantitative estimate of drug-likeness (QED) is 0.752. The fraction of sp³-hybridized carbons (Fsp3) is 0.800. The Morgan fingerprint density at radius 3 is 2.90 bits per heavy atom. The summed E-state index contributed by atoms with van der Waals surface area (Å²) in [7, 11) is 0. The number of hydrogen-bond donors (Lipinski definition) is 1. The van der Waals surface area contributed by atoms with Crippen molar-refractivity contribution in [3.63, 3.8) is 0 Å². The number of hydrogen-bond acceptors (Lipinski definition) is 3. The molecule has 0 bridgehead atoms. The molecule has 0 aromatic heterocycles. The molecule has 20 heavy (non-hydrogen) atoms. The van der Waals surface area contributed by atoms with E-state index in [4.69, 9.17) is 4.74 Å². The van der Waals surface area contributed by atoms with E-state index >= 15 is 0 Å². The highest BCUT2D eigenvalue weighted by Gasteiger charge is 2.15. The summed E-state index contributed by atoms with van der Waals surface area (Å²) in [5.74, 6) is 0.211. The van der Waals surface area contributed by atoms with Gasteiger partial charge in [0.15, 0.2) is 0 Å². The molecule has 0 radical (unpaired) electrons. The van der Waals surface area contributed by atoms with Crippen LogP contribution in [0.3, 0.4) is 0 Å². The lowest BCUT2D eigenvalue weighted by Gasteiger charge is -2.26. The molecule has 1 saturated heterocycles. The maximum absolute atomic E-state index is 11.9. The first kappa shape index (κ1) is 16.0. The standard InChI is InChI=1S/C15H25BrN2O2/c16-13-4-6-14(7-5-13)17-15(19)3-1-2-8-18-9-11-20-12-10-18/h4,14H,1-3,5-12H2,(H,17,19). The van der Waals surface area contributed by atoms with Crippen molar-refractivity contribution in [2.24, 2.45) is 0 Å². The van der Waals surface area contributed by atoms with Gasteiger partial charge in [0.2, 0.25) is 5.91 Å². The molecule has 5 heteroatoms. The molecule has 0 saturated carbocycles. The smallest absolute Gasteiger partial charge is 0.220 e. The topological polar surface area (TPSA) is 41.6 Å². The third kappa shape index (κ3) is 5.94. The van der Waals surface area contributed by atoms with Crippen LogP contribution < -0.4 is 5.32 Å². The van der Waals surface area contributed by atoms with Crippen LogP contribution in [0.1, 0.15) is 38.5 Å². The van der Waals surface area contributed by atoms with E-state index in [1.807, 2.05) is 0 Å². The number of nitrogens with one attached hydrogen (secondary N) is 1. The van der Waals surface area contributed by atoms with Gasteiger partial charge in [-0.25, -0.2) is 0 Å². The molecule has 2 aliphatic rings. The highest BCUT2D eigenvalue weighted by Crippen LogP contribution is 2.22. The fourth-order valence-electron chi connectivity index (χ4n) is 2.68. The molecule has 4 nitrogen and oxygen atoms in total. The third-order valence-electron chi connectivity index (χ3n) is 3.95.